The molecule has 0 bridgehead atoms. The van der Waals surface area contributed by atoms with Crippen molar-refractivity contribution in [3.8, 4) is 11.5 Å². The number of carbonyl (C=O) groups excluding carboxylic acids is 2. The Balaban J connectivity index is 1.70. The van der Waals surface area contributed by atoms with Crippen LogP contribution in [0.15, 0.2) is 58.8 Å². The van der Waals surface area contributed by atoms with E-state index in [2.05, 4.69) is 21.2 Å². The number of ether oxygens (including phenoxy) is 3. The van der Waals surface area contributed by atoms with E-state index >= 15 is 0 Å². The summed E-state index contributed by atoms with van der Waals surface area (Å²) in [4.78, 5) is 25.0. The first-order valence-corrected chi connectivity index (χ1v) is 11.4. The number of rotatable bonds is 9. The lowest BCUT2D eigenvalue weighted by Crippen LogP contribution is -2.45. The first-order chi connectivity index (χ1) is 16.8. The standard InChI is InChI=1S/C25H28N4O5S/c1-5-33-24(31)22-16(3)27-25(35)28-23(22)18-8-6-7-9-19(18)34-14-21(30)29-26-13-17-11-10-15(2)20(12-17)32-4/h6-13,23H,5,14H2,1-4H3,(H,29,30)(H2,27,28,35)/t23-/m0/s1. The maximum Gasteiger partial charge on any atom is 0.338 e. The van der Waals surface area contributed by atoms with Crippen molar-refractivity contribution in [2.24, 2.45) is 5.10 Å². The molecule has 0 saturated heterocycles. The van der Waals surface area contributed by atoms with Crippen LogP contribution in [0, 0.1) is 6.92 Å². The third-order valence-corrected chi connectivity index (χ3v) is 5.41. The highest BCUT2D eigenvalue weighted by atomic mass is 32.1. The molecule has 2 aromatic rings. The molecular formula is C25H28N4O5S. The molecule has 0 saturated carbocycles. The minimum absolute atomic E-state index is 0.237. The first kappa shape index (κ1) is 25.7. The Kier molecular flexibility index (Phi) is 8.80. The molecule has 1 aliphatic rings. The van der Waals surface area contributed by atoms with Crippen LogP contribution in [0.4, 0.5) is 0 Å². The molecule has 184 valence electrons. The van der Waals surface area contributed by atoms with Crippen LogP contribution in [0.3, 0.4) is 0 Å². The fourth-order valence-corrected chi connectivity index (χ4v) is 3.80. The maximum absolute atomic E-state index is 12.6. The van der Waals surface area contributed by atoms with Gasteiger partial charge in [0.2, 0.25) is 0 Å². The first-order valence-electron chi connectivity index (χ1n) is 11.0. The van der Waals surface area contributed by atoms with Crippen molar-refractivity contribution in [3.05, 3.63) is 70.4 Å². The van der Waals surface area contributed by atoms with Crippen molar-refractivity contribution in [1.29, 1.82) is 0 Å². The van der Waals surface area contributed by atoms with Gasteiger partial charge >= 0.3 is 5.97 Å². The van der Waals surface area contributed by atoms with E-state index in [0.717, 1.165) is 16.9 Å². The van der Waals surface area contributed by atoms with Crippen molar-refractivity contribution in [2.45, 2.75) is 26.8 Å². The second-order valence-corrected chi connectivity index (χ2v) is 8.05. The van der Waals surface area contributed by atoms with Gasteiger partial charge in [0.25, 0.3) is 5.91 Å². The summed E-state index contributed by atoms with van der Waals surface area (Å²) >= 11 is 5.29. The molecule has 3 N–H and O–H groups in total. The molecule has 2 aromatic carbocycles. The number of para-hydroxylation sites is 1. The van der Waals surface area contributed by atoms with Gasteiger partial charge in [-0.15, -0.1) is 0 Å². The van der Waals surface area contributed by atoms with Crippen LogP contribution in [-0.4, -0.2) is 43.5 Å². The summed E-state index contributed by atoms with van der Waals surface area (Å²) in [6.07, 6.45) is 1.52. The number of benzene rings is 2. The number of hydrogen-bond donors (Lipinski definition) is 3. The summed E-state index contributed by atoms with van der Waals surface area (Å²) in [5.74, 6) is 0.248. The zero-order valence-electron chi connectivity index (χ0n) is 20.0. The second-order valence-electron chi connectivity index (χ2n) is 7.64. The molecule has 1 amide bonds. The number of hydrazone groups is 1. The summed E-state index contributed by atoms with van der Waals surface area (Å²) in [5.41, 5.74) is 5.84. The van der Waals surface area contributed by atoms with Gasteiger partial charge in [-0.1, -0.05) is 30.3 Å². The number of amides is 1. The van der Waals surface area contributed by atoms with Gasteiger partial charge in [-0.05, 0) is 56.2 Å². The number of allylic oxidation sites excluding steroid dienone is 1. The Morgan fingerprint density at radius 2 is 1.94 bits per heavy atom. The molecule has 0 aromatic heterocycles. The third kappa shape index (κ3) is 6.57. The molecule has 0 unspecified atom stereocenters. The minimum Gasteiger partial charge on any atom is -0.496 e. The molecular weight excluding hydrogens is 468 g/mol. The fraction of sp³-hybridized carbons (Fsp3) is 0.280. The molecule has 35 heavy (non-hydrogen) atoms. The SMILES string of the molecule is CCOC(=O)C1=C(C)NC(=S)N[C@H]1c1ccccc1OCC(=O)NN=Cc1ccc(C)c(OC)c1. The molecule has 0 radical (unpaired) electrons. The Hall–Kier alpha value is -3.92. The largest absolute Gasteiger partial charge is 0.496 e. The van der Waals surface area contributed by atoms with Gasteiger partial charge in [0, 0.05) is 11.3 Å². The lowest BCUT2D eigenvalue weighted by Gasteiger charge is -2.30. The van der Waals surface area contributed by atoms with Crippen LogP contribution >= 0.6 is 12.2 Å². The van der Waals surface area contributed by atoms with Crippen LogP contribution < -0.4 is 25.5 Å². The fourth-order valence-electron chi connectivity index (χ4n) is 3.53. The summed E-state index contributed by atoms with van der Waals surface area (Å²) < 4.78 is 16.3. The summed E-state index contributed by atoms with van der Waals surface area (Å²) in [6.45, 7) is 5.39. The van der Waals surface area contributed by atoms with Crippen LogP contribution in [0.1, 0.15) is 36.6 Å². The number of esters is 1. The van der Waals surface area contributed by atoms with E-state index in [0.29, 0.717) is 27.7 Å². The maximum atomic E-state index is 12.6. The normalized spacial score (nSPS) is 15.3. The zero-order chi connectivity index (χ0) is 25.4. The van der Waals surface area contributed by atoms with Gasteiger partial charge < -0.3 is 24.8 Å². The average Bonchev–Trinajstić information content (AvgIpc) is 2.83. The lowest BCUT2D eigenvalue weighted by atomic mass is 9.95. The van der Waals surface area contributed by atoms with Crippen LogP contribution in [0.2, 0.25) is 0 Å². The summed E-state index contributed by atoms with van der Waals surface area (Å²) in [7, 11) is 1.60. The highest BCUT2D eigenvalue weighted by molar-refractivity contribution is 7.80. The van der Waals surface area contributed by atoms with E-state index in [1.165, 1.54) is 6.21 Å². The van der Waals surface area contributed by atoms with Gasteiger partial charge in [-0.2, -0.15) is 5.10 Å². The molecule has 0 spiro atoms. The topological polar surface area (TPSA) is 110 Å². The third-order valence-electron chi connectivity index (χ3n) is 5.19. The molecule has 0 fully saturated rings. The van der Waals surface area contributed by atoms with E-state index in [9.17, 15) is 9.59 Å². The van der Waals surface area contributed by atoms with Gasteiger partial charge in [-0.25, -0.2) is 10.2 Å². The van der Waals surface area contributed by atoms with Gasteiger partial charge in [0.1, 0.15) is 11.5 Å². The molecule has 9 nitrogen and oxygen atoms in total. The smallest absolute Gasteiger partial charge is 0.338 e. The van der Waals surface area contributed by atoms with Crippen molar-refractivity contribution in [2.75, 3.05) is 20.3 Å². The van der Waals surface area contributed by atoms with E-state index in [1.54, 1.807) is 39.2 Å². The Labute approximate surface area is 209 Å². The van der Waals surface area contributed by atoms with Gasteiger partial charge in [-0.3, -0.25) is 4.79 Å². The number of nitrogens with one attached hydrogen (secondary N) is 3. The van der Waals surface area contributed by atoms with Crippen molar-refractivity contribution in [3.63, 3.8) is 0 Å². The summed E-state index contributed by atoms with van der Waals surface area (Å²) in [6, 6.07) is 12.1. The van der Waals surface area contributed by atoms with E-state index in [-0.39, 0.29) is 13.2 Å². The highest BCUT2D eigenvalue weighted by Crippen LogP contribution is 2.33. The predicted octanol–water partition coefficient (Wildman–Crippen LogP) is 2.89. The number of hydrogen-bond acceptors (Lipinski definition) is 7. The van der Waals surface area contributed by atoms with E-state index < -0.39 is 17.9 Å². The van der Waals surface area contributed by atoms with E-state index in [1.807, 2.05) is 31.2 Å². The average molecular weight is 497 g/mol. The molecule has 1 atom stereocenters. The van der Waals surface area contributed by atoms with Crippen LogP contribution in [0.25, 0.3) is 0 Å². The predicted molar refractivity (Wildman–Crippen MR) is 136 cm³/mol. The van der Waals surface area contributed by atoms with Crippen LogP contribution in [0.5, 0.6) is 11.5 Å². The van der Waals surface area contributed by atoms with Gasteiger partial charge in [0.05, 0.1) is 31.5 Å². The molecule has 0 aliphatic carbocycles. The Bertz CT molecular complexity index is 1180. The second kappa shape index (κ2) is 12.0. The number of thiocarbonyl (C=S) groups is 1. The number of carbonyl (C=O) groups is 2. The monoisotopic (exact) mass is 496 g/mol. The van der Waals surface area contributed by atoms with Gasteiger partial charge in [0.15, 0.2) is 11.7 Å². The van der Waals surface area contributed by atoms with Crippen molar-refractivity contribution in [1.82, 2.24) is 16.1 Å². The molecule has 3 rings (SSSR count). The van der Waals surface area contributed by atoms with Crippen molar-refractivity contribution >= 4 is 35.4 Å². The molecule has 10 heteroatoms. The van der Waals surface area contributed by atoms with E-state index in [4.69, 9.17) is 26.4 Å². The Morgan fingerprint density at radius 1 is 1.17 bits per heavy atom. The Morgan fingerprint density at radius 3 is 2.69 bits per heavy atom. The van der Waals surface area contributed by atoms with Crippen molar-refractivity contribution < 1.29 is 23.8 Å². The highest BCUT2D eigenvalue weighted by Gasteiger charge is 2.32. The molecule has 1 aliphatic heterocycles. The number of nitrogens with zero attached hydrogens (tertiary/aromatic N) is 1. The zero-order valence-corrected chi connectivity index (χ0v) is 20.8. The minimum atomic E-state index is -0.600. The quantitative estimate of drug-likeness (QED) is 0.210. The number of aryl methyl sites for hydroxylation is 1. The number of methoxy groups -OCH3 is 1. The molecule has 1 heterocycles. The summed E-state index contributed by atoms with van der Waals surface area (Å²) in [5, 5.41) is 10.4. The lowest BCUT2D eigenvalue weighted by molar-refractivity contribution is -0.139. The van der Waals surface area contributed by atoms with Crippen LogP contribution in [-0.2, 0) is 14.3 Å².